The highest BCUT2D eigenvalue weighted by molar-refractivity contribution is 5.88. The number of rotatable bonds is 5. The molecule has 3 unspecified atom stereocenters. The Morgan fingerprint density at radius 3 is 2.57 bits per heavy atom. The molecule has 2 rings (SSSR count). The summed E-state index contributed by atoms with van der Waals surface area (Å²) in [4.78, 5) is 14.6. The standard InChI is InChI=1S/C16H23FN2O2/c1-5-16(3)15(20)19(11(2)10-21-4)14(18-16)12-6-8-13(17)9-7-12/h6-9,11,14,18H,5,10H2,1-4H3. The molecular formula is C16H23FN2O2. The first kappa shape index (κ1) is 15.9. The Hall–Kier alpha value is -1.46. The lowest BCUT2D eigenvalue weighted by molar-refractivity contribution is -0.135. The second kappa shape index (κ2) is 6.12. The minimum Gasteiger partial charge on any atom is -0.383 e. The van der Waals surface area contributed by atoms with Gasteiger partial charge in [-0.2, -0.15) is 0 Å². The zero-order chi connectivity index (χ0) is 15.6. The number of halogens is 1. The van der Waals surface area contributed by atoms with Gasteiger partial charge in [0.1, 0.15) is 12.0 Å². The molecule has 1 amide bonds. The van der Waals surface area contributed by atoms with E-state index in [0.29, 0.717) is 13.0 Å². The van der Waals surface area contributed by atoms with E-state index in [9.17, 15) is 9.18 Å². The van der Waals surface area contributed by atoms with Crippen LogP contribution in [-0.4, -0.2) is 36.1 Å². The van der Waals surface area contributed by atoms with Crippen LogP contribution in [-0.2, 0) is 9.53 Å². The van der Waals surface area contributed by atoms with Gasteiger partial charge >= 0.3 is 0 Å². The van der Waals surface area contributed by atoms with E-state index in [1.54, 1.807) is 24.1 Å². The summed E-state index contributed by atoms with van der Waals surface area (Å²) in [5.41, 5.74) is 0.283. The predicted molar refractivity (Wildman–Crippen MR) is 79.2 cm³/mol. The summed E-state index contributed by atoms with van der Waals surface area (Å²) in [6.45, 7) is 6.31. The topological polar surface area (TPSA) is 41.6 Å². The van der Waals surface area contributed by atoms with Gasteiger partial charge in [0.05, 0.1) is 18.2 Å². The van der Waals surface area contributed by atoms with Crippen LogP contribution >= 0.6 is 0 Å². The van der Waals surface area contributed by atoms with Crippen molar-refractivity contribution in [2.24, 2.45) is 0 Å². The number of carbonyl (C=O) groups excluding carboxylic acids is 1. The van der Waals surface area contributed by atoms with Crippen LogP contribution in [0, 0.1) is 5.82 Å². The summed E-state index contributed by atoms with van der Waals surface area (Å²) in [5.74, 6) is -0.221. The molecule has 1 heterocycles. The first-order chi connectivity index (χ1) is 9.92. The molecule has 0 aromatic heterocycles. The highest BCUT2D eigenvalue weighted by Gasteiger charge is 2.48. The zero-order valence-corrected chi connectivity index (χ0v) is 13.0. The number of hydrogen-bond acceptors (Lipinski definition) is 3. The van der Waals surface area contributed by atoms with E-state index < -0.39 is 5.54 Å². The molecule has 1 aromatic carbocycles. The van der Waals surface area contributed by atoms with Gasteiger partial charge in [-0.15, -0.1) is 0 Å². The Bertz CT molecular complexity index is 506. The molecule has 4 nitrogen and oxygen atoms in total. The third-order valence-corrected chi connectivity index (χ3v) is 4.22. The lowest BCUT2D eigenvalue weighted by Gasteiger charge is -2.30. The van der Waals surface area contributed by atoms with Gasteiger partial charge in [-0.25, -0.2) is 4.39 Å². The van der Waals surface area contributed by atoms with Gasteiger partial charge in [-0.05, 0) is 38.0 Å². The van der Waals surface area contributed by atoms with E-state index in [-0.39, 0.29) is 23.9 Å². The van der Waals surface area contributed by atoms with Gasteiger partial charge in [0.2, 0.25) is 5.91 Å². The van der Waals surface area contributed by atoms with Crippen LogP contribution in [0.4, 0.5) is 4.39 Å². The van der Waals surface area contributed by atoms with E-state index in [1.165, 1.54) is 12.1 Å². The molecule has 0 radical (unpaired) electrons. The van der Waals surface area contributed by atoms with Crippen LogP contribution in [0.25, 0.3) is 0 Å². The third kappa shape index (κ3) is 2.94. The summed E-state index contributed by atoms with van der Waals surface area (Å²) in [6.07, 6.45) is 0.438. The van der Waals surface area contributed by atoms with Crippen molar-refractivity contribution in [1.82, 2.24) is 10.2 Å². The van der Waals surface area contributed by atoms with Crippen molar-refractivity contribution in [2.45, 2.75) is 44.9 Å². The van der Waals surface area contributed by atoms with E-state index in [2.05, 4.69) is 5.32 Å². The molecule has 1 N–H and O–H groups in total. The molecule has 1 aliphatic heterocycles. The van der Waals surface area contributed by atoms with Crippen molar-refractivity contribution in [2.75, 3.05) is 13.7 Å². The fourth-order valence-corrected chi connectivity index (χ4v) is 2.75. The van der Waals surface area contributed by atoms with Crippen LogP contribution in [0.2, 0.25) is 0 Å². The third-order valence-electron chi connectivity index (χ3n) is 4.22. The maximum atomic E-state index is 13.1. The van der Waals surface area contributed by atoms with Gasteiger partial charge < -0.3 is 9.64 Å². The number of nitrogens with one attached hydrogen (secondary N) is 1. The minimum atomic E-state index is -0.596. The molecule has 116 valence electrons. The first-order valence-electron chi connectivity index (χ1n) is 7.28. The molecular weight excluding hydrogens is 271 g/mol. The molecule has 1 saturated heterocycles. The number of hydrogen-bond donors (Lipinski definition) is 1. The fraction of sp³-hybridized carbons (Fsp3) is 0.562. The van der Waals surface area contributed by atoms with Crippen molar-refractivity contribution in [3.8, 4) is 0 Å². The molecule has 0 saturated carbocycles. The monoisotopic (exact) mass is 294 g/mol. The highest BCUT2D eigenvalue weighted by atomic mass is 19.1. The molecule has 5 heteroatoms. The largest absolute Gasteiger partial charge is 0.383 e. The number of benzene rings is 1. The Morgan fingerprint density at radius 2 is 2.05 bits per heavy atom. The minimum absolute atomic E-state index is 0.0570. The molecule has 1 aliphatic rings. The Kier molecular flexibility index (Phi) is 4.64. The molecule has 1 aromatic rings. The van der Waals surface area contributed by atoms with Gasteiger partial charge in [-0.1, -0.05) is 19.1 Å². The van der Waals surface area contributed by atoms with Gasteiger partial charge in [0.25, 0.3) is 0 Å². The van der Waals surface area contributed by atoms with Crippen molar-refractivity contribution in [3.63, 3.8) is 0 Å². The number of amides is 1. The van der Waals surface area contributed by atoms with Crippen molar-refractivity contribution < 1.29 is 13.9 Å². The van der Waals surface area contributed by atoms with Gasteiger partial charge in [0.15, 0.2) is 0 Å². The fourth-order valence-electron chi connectivity index (χ4n) is 2.75. The van der Waals surface area contributed by atoms with E-state index in [4.69, 9.17) is 4.74 Å². The summed E-state index contributed by atoms with van der Waals surface area (Å²) in [7, 11) is 1.62. The van der Waals surface area contributed by atoms with E-state index >= 15 is 0 Å². The number of methoxy groups -OCH3 is 1. The second-order valence-electron chi connectivity index (χ2n) is 5.80. The predicted octanol–water partition coefficient (Wildman–Crippen LogP) is 2.46. The summed E-state index contributed by atoms with van der Waals surface area (Å²) in [6, 6.07) is 6.21. The van der Waals surface area contributed by atoms with E-state index in [1.807, 2.05) is 20.8 Å². The summed E-state index contributed by atoms with van der Waals surface area (Å²) >= 11 is 0. The molecule has 21 heavy (non-hydrogen) atoms. The van der Waals surface area contributed by atoms with Crippen molar-refractivity contribution in [3.05, 3.63) is 35.6 Å². The lowest BCUT2D eigenvalue weighted by Crippen LogP contribution is -2.45. The average molecular weight is 294 g/mol. The number of nitrogens with zero attached hydrogens (tertiary/aromatic N) is 1. The summed E-state index contributed by atoms with van der Waals surface area (Å²) in [5, 5.41) is 3.39. The molecule has 1 fully saturated rings. The maximum Gasteiger partial charge on any atom is 0.244 e. The maximum absolute atomic E-state index is 13.1. The highest BCUT2D eigenvalue weighted by Crippen LogP contribution is 2.34. The Morgan fingerprint density at radius 1 is 1.43 bits per heavy atom. The molecule has 0 spiro atoms. The average Bonchev–Trinajstić information content (AvgIpc) is 2.73. The van der Waals surface area contributed by atoms with Crippen LogP contribution in [0.3, 0.4) is 0 Å². The SMILES string of the molecule is CCC1(C)NC(c2ccc(F)cc2)N(C(C)COC)C1=O. The second-order valence-corrected chi connectivity index (χ2v) is 5.80. The summed E-state index contributed by atoms with van der Waals surface area (Å²) < 4.78 is 18.3. The van der Waals surface area contributed by atoms with Gasteiger partial charge in [-0.3, -0.25) is 10.1 Å². The molecule has 3 atom stereocenters. The normalized spacial score (nSPS) is 27.2. The van der Waals surface area contributed by atoms with Crippen LogP contribution in [0.1, 0.15) is 38.9 Å². The Labute approximate surface area is 125 Å². The smallest absolute Gasteiger partial charge is 0.244 e. The zero-order valence-electron chi connectivity index (χ0n) is 13.0. The number of ether oxygens (including phenoxy) is 1. The van der Waals surface area contributed by atoms with Crippen LogP contribution < -0.4 is 5.32 Å². The van der Waals surface area contributed by atoms with Crippen LogP contribution in [0.5, 0.6) is 0 Å². The lowest BCUT2D eigenvalue weighted by atomic mass is 9.99. The quantitative estimate of drug-likeness (QED) is 0.907. The van der Waals surface area contributed by atoms with Crippen molar-refractivity contribution in [1.29, 1.82) is 0 Å². The Balaban J connectivity index is 2.36. The van der Waals surface area contributed by atoms with E-state index in [0.717, 1.165) is 5.56 Å². The van der Waals surface area contributed by atoms with Crippen molar-refractivity contribution >= 4 is 5.91 Å². The van der Waals surface area contributed by atoms with Crippen LogP contribution in [0.15, 0.2) is 24.3 Å². The molecule has 0 bridgehead atoms. The first-order valence-corrected chi connectivity index (χ1v) is 7.28. The van der Waals surface area contributed by atoms with Gasteiger partial charge in [0, 0.05) is 7.11 Å². The molecule has 0 aliphatic carbocycles. The number of carbonyl (C=O) groups is 1.